The van der Waals surface area contributed by atoms with Crippen molar-refractivity contribution in [1.82, 2.24) is 5.32 Å². The van der Waals surface area contributed by atoms with Gasteiger partial charge in [0.25, 0.3) is 5.69 Å². The van der Waals surface area contributed by atoms with Crippen molar-refractivity contribution in [3.63, 3.8) is 0 Å². The SMILES string of the molecule is COC(=O)C1=C(C)NC([C@@H]2O[C@H](CO)[C@@H](O)[C@H]2O)=C(C(=O)OC)C1c1ccccc1[N+](=O)[O-]. The van der Waals surface area contributed by atoms with E-state index in [1.807, 2.05) is 0 Å². The molecule has 12 nitrogen and oxygen atoms in total. The summed E-state index contributed by atoms with van der Waals surface area (Å²) in [5, 5.41) is 44.8. The highest BCUT2D eigenvalue weighted by Crippen LogP contribution is 2.44. The molecule has 1 unspecified atom stereocenters. The Morgan fingerprint density at radius 2 is 1.73 bits per heavy atom. The number of para-hydroxylation sites is 1. The number of carbonyl (C=O) groups is 2. The molecule has 0 bridgehead atoms. The van der Waals surface area contributed by atoms with Crippen LogP contribution in [0.25, 0.3) is 0 Å². The van der Waals surface area contributed by atoms with Crippen LogP contribution in [0.3, 0.4) is 0 Å². The largest absolute Gasteiger partial charge is 0.466 e. The Labute approximate surface area is 188 Å². The number of dihydropyridines is 1. The molecule has 2 aliphatic rings. The van der Waals surface area contributed by atoms with E-state index in [0.717, 1.165) is 14.2 Å². The lowest BCUT2D eigenvalue weighted by Crippen LogP contribution is -2.42. The highest BCUT2D eigenvalue weighted by atomic mass is 16.6. The van der Waals surface area contributed by atoms with Gasteiger partial charge in [-0.05, 0) is 6.92 Å². The molecule has 12 heteroatoms. The third-order valence-electron chi connectivity index (χ3n) is 5.68. The Kier molecular flexibility index (Phi) is 7.12. The van der Waals surface area contributed by atoms with Crippen LogP contribution < -0.4 is 5.32 Å². The molecule has 0 aromatic heterocycles. The van der Waals surface area contributed by atoms with Crippen LogP contribution in [0.4, 0.5) is 5.69 Å². The summed E-state index contributed by atoms with van der Waals surface area (Å²) >= 11 is 0. The van der Waals surface area contributed by atoms with Crippen molar-refractivity contribution in [2.75, 3.05) is 20.8 Å². The summed E-state index contributed by atoms with van der Waals surface area (Å²) in [7, 11) is 2.21. The zero-order chi connectivity index (χ0) is 24.4. The Balaban J connectivity index is 2.32. The van der Waals surface area contributed by atoms with E-state index in [9.17, 15) is 35.0 Å². The van der Waals surface area contributed by atoms with Crippen molar-refractivity contribution >= 4 is 17.6 Å². The van der Waals surface area contributed by atoms with Gasteiger partial charge in [-0.1, -0.05) is 18.2 Å². The number of carbonyl (C=O) groups excluding carboxylic acids is 2. The van der Waals surface area contributed by atoms with Crippen molar-refractivity contribution < 1.29 is 44.0 Å². The summed E-state index contributed by atoms with van der Waals surface area (Å²) in [6.07, 6.45) is -5.49. The van der Waals surface area contributed by atoms with Crippen LogP contribution in [-0.2, 0) is 23.8 Å². The Hall–Kier alpha value is -3.32. The first-order chi connectivity index (χ1) is 15.7. The fourth-order valence-corrected chi connectivity index (χ4v) is 4.14. The Morgan fingerprint density at radius 3 is 2.27 bits per heavy atom. The minimum atomic E-state index is -1.55. The van der Waals surface area contributed by atoms with Gasteiger partial charge in [-0.2, -0.15) is 0 Å². The Morgan fingerprint density at radius 1 is 1.12 bits per heavy atom. The molecular formula is C21H24N2O10. The van der Waals surface area contributed by atoms with Crippen LogP contribution >= 0.6 is 0 Å². The van der Waals surface area contributed by atoms with E-state index in [1.54, 1.807) is 0 Å². The highest BCUT2D eigenvalue weighted by Gasteiger charge is 2.49. The summed E-state index contributed by atoms with van der Waals surface area (Å²) in [4.78, 5) is 36.8. The molecule has 4 N–H and O–H groups in total. The zero-order valence-electron chi connectivity index (χ0n) is 18.0. The number of benzene rings is 1. The molecule has 33 heavy (non-hydrogen) atoms. The number of nitro benzene ring substituents is 1. The van der Waals surface area contributed by atoms with Gasteiger partial charge in [0.2, 0.25) is 0 Å². The number of allylic oxidation sites excluding steroid dienone is 1. The molecule has 2 aliphatic heterocycles. The average Bonchev–Trinajstić information content (AvgIpc) is 3.10. The highest BCUT2D eigenvalue weighted by molar-refractivity contribution is 6.00. The number of aliphatic hydroxyl groups is 3. The molecule has 0 radical (unpaired) electrons. The van der Waals surface area contributed by atoms with E-state index < -0.39 is 53.8 Å². The van der Waals surface area contributed by atoms with Crippen LogP contribution in [-0.4, -0.2) is 77.4 Å². The summed E-state index contributed by atoms with van der Waals surface area (Å²) < 4.78 is 15.4. The van der Waals surface area contributed by atoms with Crippen molar-refractivity contribution in [2.45, 2.75) is 37.3 Å². The van der Waals surface area contributed by atoms with Crippen molar-refractivity contribution in [1.29, 1.82) is 0 Å². The van der Waals surface area contributed by atoms with Gasteiger partial charge >= 0.3 is 11.9 Å². The summed E-state index contributed by atoms with van der Waals surface area (Å²) in [6.45, 7) is 0.884. The van der Waals surface area contributed by atoms with E-state index in [2.05, 4.69) is 5.32 Å². The Bertz CT molecular complexity index is 1030. The number of nitro groups is 1. The predicted molar refractivity (Wildman–Crippen MR) is 110 cm³/mol. The second kappa shape index (κ2) is 9.67. The first kappa shape index (κ1) is 24.3. The molecule has 1 aromatic rings. The van der Waals surface area contributed by atoms with Gasteiger partial charge in [0.05, 0.1) is 48.5 Å². The number of methoxy groups -OCH3 is 2. The van der Waals surface area contributed by atoms with Crippen LogP contribution in [0.5, 0.6) is 0 Å². The summed E-state index contributed by atoms with van der Waals surface area (Å²) in [5.74, 6) is -3.11. The number of aliphatic hydroxyl groups excluding tert-OH is 3. The number of hydrogen-bond donors (Lipinski definition) is 4. The maximum Gasteiger partial charge on any atom is 0.336 e. The molecule has 2 heterocycles. The van der Waals surface area contributed by atoms with E-state index in [4.69, 9.17) is 14.2 Å². The van der Waals surface area contributed by atoms with E-state index in [-0.39, 0.29) is 33.8 Å². The molecule has 1 saturated heterocycles. The molecule has 0 amide bonds. The van der Waals surface area contributed by atoms with Gasteiger partial charge < -0.3 is 34.8 Å². The molecule has 178 valence electrons. The molecule has 1 aromatic carbocycles. The number of esters is 2. The van der Waals surface area contributed by atoms with Gasteiger partial charge in [-0.15, -0.1) is 0 Å². The van der Waals surface area contributed by atoms with Crippen LogP contribution in [0, 0.1) is 10.1 Å². The zero-order valence-corrected chi connectivity index (χ0v) is 18.0. The first-order valence-electron chi connectivity index (χ1n) is 9.92. The maximum absolute atomic E-state index is 13.0. The third kappa shape index (κ3) is 4.20. The lowest BCUT2D eigenvalue weighted by atomic mass is 9.78. The van der Waals surface area contributed by atoms with E-state index >= 15 is 0 Å². The maximum atomic E-state index is 13.0. The smallest absolute Gasteiger partial charge is 0.336 e. The van der Waals surface area contributed by atoms with Crippen molar-refractivity contribution in [2.24, 2.45) is 0 Å². The fourth-order valence-electron chi connectivity index (χ4n) is 4.14. The lowest BCUT2D eigenvalue weighted by Gasteiger charge is -2.33. The van der Waals surface area contributed by atoms with Crippen LogP contribution in [0.2, 0.25) is 0 Å². The van der Waals surface area contributed by atoms with Crippen molar-refractivity contribution in [3.05, 3.63) is 62.5 Å². The monoisotopic (exact) mass is 464 g/mol. The number of ether oxygens (including phenoxy) is 3. The van der Waals surface area contributed by atoms with Gasteiger partial charge in [-0.25, -0.2) is 9.59 Å². The number of nitrogens with zero attached hydrogens (tertiary/aromatic N) is 1. The number of hydrogen-bond acceptors (Lipinski definition) is 11. The van der Waals surface area contributed by atoms with Gasteiger partial charge in [0.15, 0.2) is 0 Å². The predicted octanol–water partition coefficient (Wildman–Crippen LogP) is -0.363. The summed E-state index contributed by atoms with van der Waals surface area (Å²) in [6, 6.07) is 5.56. The average molecular weight is 464 g/mol. The molecule has 1 fully saturated rings. The van der Waals surface area contributed by atoms with Crippen molar-refractivity contribution in [3.8, 4) is 0 Å². The first-order valence-corrected chi connectivity index (χ1v) is 9.92. The van der Waals surface area contributed by atoms with Crippen LogP contribution in [0.1, 0.15) is 18.4 Å². The standard InChI is InChI=1S/C21H24N2O10/c1-9-13(20(27)31-2)14(10-6-4-5-7-11(10)23(29)30)15(21(28)32-3)16(22-9)19-18(26)17(25)12(8-24)33-19/h4-7,12,14,17-19,22,24-26H,8H2,1-3H3/t12-,14?,17-,18-,19+/m1/s1. The second-order valence-electron chi connectivity index (χ2n) is 7.48. The molecule has 0 aliphatic carbocycles. The minimum Gasteiger partial charge on any atom is -0.466 e. The van der Waals surface area contributed by atoms with Crippen LogP contribution in [0.15, 0.2) is 46.8 Å². The number of nitrogens with one attached hydrogen (secondary N) is 1. The lowest BCUT2D eigenvalue weighted by molar-refractivity contribution is -0.385. The molecule has 0 spiro atoms. The normalized spacial score (nSPS) is 27.3. The van der Waals surface area contributed by atoms with Gasteiger partial charge in [-0.3, -0.25) is 10.1 Å². The molecule has 5 atom stereocenters. The topological polar surface area (TPSA) is 178 Å². The van der Waals surface area contributed by atoms with E-state index in [1.165, 1.54) is 31.2 Å². The quantitative estimate of drug-likeness (QED) is 0.245. The minimum absolute atomic E-state index is 0.00777. The number of rotatable bonds is 6. The van der Waals surface area contributed by atoms with Gasteiger partial charge in [0, 0.05) is 17.3 Å². The molecule has 3 rings (SSSR count). The van der Waals surface area contributed by atoms with E-state index in [0.29, 0.717) is 0 Å². The third-order valence-corrected chi connectivity index (χ3v) is 5.68. The fraction of sp³-hybridized carbons (Fsp3) is 0.429. The second-order valence-corrected chi connectivity index (χ2v) is 7.48. The molecule has 0 saturated carbocycles. The molecular weight excluding hydrogens is 440 g/mol. The van der Waals surface area contributed by atoms with Gasteiger partial charge in [0.1, 0.15) is 24.4 Å². The summed E-state index contributed by atoms with van der Waals surface area (Å²) in [5.41, 5.74) is -0.549.